The zero-order valence-corrected chi connectivity index (χ0v) is 16.5. The molecule has 0 saturated carbocycles. The van der Waals surface area contributed by atoms with Crippen LogP contribution in [-0.2, 0) is 5.75 Å². The minimum absolute atomic E-state index is 0. The number of carbonyl (C=O) groups is 1. The lowest BCUT2D eigenvalue weighted by atomic mass is 10.1. The van der Waals surface area contributed by atoms with Crippen molar-refractivity contribution in [3.8, 4) is 0 Å². The average Bonchev–Trinajstić information content (AvgIpc) is 3.17. The van der Waals surface area contributed by atoms with Gasteiger partial charge in [0, 0.05) is 28.8 Å². The number of nitrogens with one attached hydrogen (secondary N) is 1. The molecule has 1 amide bonds. The number of thiophene rings is 1. The monoisotopic (exact) mass is 396 g/mol. The Labute approximate surface area is 161 Å². The zero-order valence-electron chi connectivity index (χ0n) is 14.1. The number of nitrogens with two attached hydrogens (primary N) is 1. The Morgan fingerprint density at radius 1 is 1.28 bits per heavy atom. The van der Waals surface area contributed by atoms with Crippen molar-refractivity contribution in [1.82, 2.24) is 5.32 Å². The van der Waals surface area contributed by atoms with E-state index >= 15 is 0 Å². The van der Waals surface area contributed by atoms with Crippen LogP contribution in [0.5, 0.6) is 0 Å². The Kier molecular flexibility index (Phi) is 6.57. The van der Waals surface area contributed by atoms with Crippen LogP contribution < -0.4 is 11.1 Å². The van der Waals surface area contributed by atoms with E-state index in [-0.39, 0.29) is 18.3 Å². The lowest BCUT2D eigenvalue weighted by molar-refractivity contribution is 0.0919. The summed E-state index contributed by atoms with van der Waals surface area (Å²) in [6, 6.07) is 11.9. The molecule has 1 aromatic carbocycles. The Morgan fingerprint density at radius 2 is 2.04 bits per heavy atom. The summed E-state index contributed by atoms with van der Waals surface area (Å²) in [5.74, 6) is 0.850. The molecule has 3 rings (SSSR count). The van der Waals surface area contributed by atoms with Crippen molar-refractivity contribution in [3.05, 3.63) is 53.1 Å². The van der Waals surface area contributed by atoms with Gasteiger partial charge in [0.15, 0.2) is 5.76 Å². The highest BCUT2D eigenvalue weighted by molar-refractivity contribution is 8.00. The van der Waals surface area contributed by atoms with E-state index in [9.17, 15) is 4.79 Å². The smallest absolute Gasteiger partial charge is 0.287 e. The fourth-order valence-corrected chi connectivity index (χ4v) is 4.11. The molecule has 0 fully saturated rings. The molecule has 0 saturated heterocycles. The quantitative estimate of drug-likeness (QED) is 0.594. The predicted molar refractivity (Wildman–Crippen MR) is 108 cm³/mol. The van der Waals surface area contributed by atoms with Crippen LogP contribution in [0, 0.1) is 0 Å². The predicted octanol–water partition coefficient (Wildman–Crippen LogP) is 4.68. The van der Waals surface area contributed by atoms with Gasteiger partial charge in [-0.1, -0.05) is 24.3 Å². The molecular formula is C18H21ClN2O2S2. The SMILES string of the molecule is CC(C)(N)CNC(=O)c1oc2ccccc2c1CSc1cccs1.Cl. The second-order valence-electron chi connectivity index (χ2n) is 6.30. The molecule has 0 bridgehead atoms. The molecule has 134 valence electrons. The van der Waals surface area contributed by atoms with Crippen LogP contribution in [0.3, 0.4) is 0 Å². The summed E-state index contributed by atoms with van der Waals surface area (Å²) >= 11 is 3.40. The molecule has 0 atom stereocenters. The second-order valence-corrected chi connectivity index (χ2v) is 8.52. The van der Waals surface area contributed by atoms with E-state index in [0.717, 1.165) is 16.5 Å². The fraction of sp³-hybridized carbons (Fsp3) is 0.278. The first kappa shape index (κ1) is 19.8. The number of amides is 1. The lowest BCUT2D eigenvalue weighted by Gasteiger charge is -2.18. The Hall–Kier alpha value is -1.47. The van der Waals surface area contributed by atoms with Gasteiger partial charge in [-0.15, -0.1) is 35.5 Å². The highest BCUT2D eigenvalue weighted by atomic mass is 35.5. The first-order valence-corrected chi connectivity index (χ1v) is 9.54. The molecule has 0 unspecified atom stereocenters. The van der Waals surface area contributed by atoms with E-state index in [1.54, 1.807) is 23.1 Å². The summed E-state index contributed by atoms with van der Waals surface area (Å²) in [4.78, 5) is 12.6. The standard InChI is InChI=1S/C18H20N2O2S2.ClH/c1-18(2,19)11-20-17(21)16-13(10-24-15-8-5-9-23-15)12-6-3-4-7-14(12)22-16;/h3-9H,10-11,19H2,1-2H3,(H,20,21);1H. The number of fused-ring (bicyclic) bond motifs is 1. The van der Waals surface area contributed by atoms with Crippen LogP contribution in [0.4, 0.5) is 0 Å². The number of benzene rings is 1. The van der Waals surface area contributed by atoms with Gasteiger partial charge in [-0.25, -0.2) is 0 Å². The zero-order chi connectivity index (χ0) is 17.2. The lowest BCUT2D eigenvalue weighted by Crippen LogP contribution is -2.45. The molecule has 2 heterocycles. The van der Waals surface area contributed by atoms with E-state index in [1.165, 1.54) is 4.21 Å². The first-order valence-electron chi connectivity index (χ1n) is 7.68. The minimum Gasteiger partial charge on any atom is -0.451 e. The maximum Gasteiger partial charge on any atom is 0.287 e. The Morgan fingerprint density at radius 3 is 2.72 bits per heavy atom. The third-order valence-corrected chi connectivity index (χ3v) is 5.62. The Balaban J connectivity index is 0.00000225. The fourth-order valence-electron chi connectivity index (χ4n) is 2.30. The van der Waals surface area contributed by atoms with Crippen molar-refractivity contribution >= 4 is 52.4 Å². The van der Waals surface area contributed by atoms with Gasteiger partial charge in [-0.2, -0.15) is 0 Å². The van der Waals surface area contributed by atoms with Crippen LogP contribution in [0.25, 0.3) is 11.0 Å². The van der Waals surface area contributed by atoms with Gasteiger partial charge in [0.05, 0.1) is 4.21 Å². The third kappa shape index (κ3) is 5.01. The van der Waals surface area contributed by atoms with Crippen molar-refractivity contribution in [1.29, 1.82) is 0 Å². The molecule has 0 aliphatic heterocycles. The molecule has 0 radical (unpaired) electrons. The molecule has 3 aromatic rings. The van der Waals surface area contributed by atoms with Crippen LogP contribution in [0.15, 0.2) is 50.4 Å². The van der Waals surface area contributed by atoms with Crippen LogP contribution in [0.1, 0.15) is 30.0 Å². The normalized spacial score (nSPS) is 11.3. The number of hydrogen-bond donors (Lipinski definition) is 2. The van der Waals surface area contributed by atoms with Gasteiger partial charge < -0.3 is 15.5 Å². The summed E-state index contributed by atoms with van der Waals surface area (Å²) in [6.45, 7) is 4.14. The van der Waals surface area contributed by atoms with E-state index < -0.39 is 5.54 Å². The first-order chi connectivity index (χ1) is 11.4. The summed E-state index contributed by atoms with van der Waals surface area (Å²) in [5.41, 5.74) is 7.15. The molecule has 4 nitrogen and oxygen atoms in total. The van der Waals surface area contributed by atoms with Gasteiger partial charge in [0.25, 0.3) is 5.91 Å². The number of hydrogen-bond acceptors (Lipinski definition) is 5. The Bertz CT molecular complexity index is 839. The van der Waals surface area contributed by atoms with Crippen LogP contribution in [-0.4, -0.2) is 18.0 Å². The summed E-state index contributed by atoms with van der Waals surface area (Å²) < 4.78 is 7.05. The number of rotatable bonds is 6. The molecule has 0 aliphatic carbocycles. The summed E-state index contributed by atoms with van der Waals surface area (Å²) in [6.07, 6.45) is 0. The number of thioether (sulfide) groups is 1. The molecule has 7 heteroatoms. The molecule has 2 aromatic heterocycles. The number of furan rings is 1. The maximum absolute atomic E-state index is 12.6. The molecule has 25 heavy (non-hydrogen) atoms. The minimum atomic E-state index is -0.465. The maximum atomic E-state index is 12.6. The summed E-state index contributed by atoms with van der Waals surface area (Å²) in [7, 11) is 0. The third-order valence-electron chi connectivity index (χ3n) is 3.46. The van der Waals surface area contributed by atoms with E-state index in [4.69, 9.17) is 10.2 Å². The van der Waals surface area contributed by atoms with E-state index in [2.05, 4.69) is 11.4 Å². The molecule has 0 aliphatic rings. The van der Waals surface area contributed by atoms with Gasteiger partial charge in [0.1, 0.15) is 5.58 Å². The highest BCUT2D eigenvalue weighted by Crippen LogP contribution is 2.33. The second kappa shape index (κ2) is 8.27. The van der Waals surface area contributed by atoms with E-state index in [1.807, 2.05) is 49.6 Å². The van der Waals surface area contributed by atoms with Crippen LogP contribution in [0.2, 0.25) is 0 Å². The largest absolute Gasteiger partial charge is 0.451 e. The van der Waals surface area contributed by atoms with Crippen molar-refractivity contribution in [2.24, 2.45) is 5.73 Å². The highest BCUT2D eigenvalue weighted by Gasteiger charge is 2.22. The molecule has 3 N–H and O–H groups in total. The molecular weight excluding hydrogens is 376 g/mol. The van der Waals surface area contributed by atoms with Gasteiger partial charge in [-0.05, 0) is 31.4 Å². The summed E-state index contributed by atoms with van der Waals surface area (Å²) in [5, 5.41) is 5.90. The number of carbonyl (C=O) groups excluding carboxylic acids is 1. The van der Waals surface area contributed by atoms with Gasteiger partial charge in [0.2, 0.25) is 0 Å². The van der Waals surface area contributed by atoms with Crippen molar-refractivity contribution < 1.29 is 9.21 Å². The molecule has 0 spiro atoms. The van der Waals surface area contributed by atoms with Crippen LogP contribution >= 0.6 is 35.5 Å². The van der Waals surface area contributed by atoms with Gasteiger partial charge >= 0.3 is 0 Å². The number of halogens is 1. The van der Waals surface area contributed by atoms with Crippen molar-refractivity contribution in [3.63, 3.8) is 0 Å². The topological polar surface area (TPSA) is 68.3 Å². The number of para-hydroxylation sites is 1. The van der Waals surface area contributed by atoms with Crippen molar-refractivity contribution in [2.75, 3.05) is 6.54 Å². The van der Waals surface area contributed by atoms with E-state index in [0.29, 0.717) is 18.1 Å². The van der Waals surface area contributed by atoms with Gasteiger partial charge in [-0.3, -0.25) is 4.79 Å². The van der Waals surface area contributed by atoms with Crippen molar-refractivity contribution in [2.45, 2.75) is 29.3 Å². The average molecular weight is 397 g/mol.